The minimum atomic E-state index is -0.107. The average molecular weight is 244 g/mol. The van der Waals surface area contributed by atoms with Gasteiger partial charge in [0.05, 0.1) is 19.8 Å². The quantitative estimate of drug-likeness (QED) is 0.520. The maximum absolute atomic E-state index is 5.51. The molecule has 0 bridgehead atoms. The summed E-state index contributed by atoms with van der Waals surface area (Å²) in [5.41, 5.74) is 0. The van der Waals surface area contributed by atoms with Crippen molar-refractivity contribution in [3.05, 3.63) is 0 Å². The fourth-order valence-corrected chi connectivity index (χ4v) is 2.02. The lowest BCUT2D eigenvalue weighted by molar-refractivity contribution is -0.0943. The van der Waals surface area contributed by atoms with Gasteiger partial charge >= 0.3 is 0 Å². The molecule has 0 N–H and O–H groups in total. The van der Waals surface area contributed by atoms with E-state index in [1.807, 2.05) is 0 Å². The van der Waals surface area contributed by atoms with Gasteiger partial charge in [-0.1, -0.05) is 51.9 Å². The van der Waals surface area contributed by atoms with E-state index in [2.05, 4.69) is 6.92 Å². The minimum Gasteiger partial charge on any atom is -0.376 e. The van der Waals surface area contributed by atoms with E-state index in [-0.39, 0.29) is 6.29 Å². The number of ether oxygens (including phenoxy) is 3. The molecule has 17 heavy (non-hydrogen) atoms. The molecule has 1 rings (SSSR count). The first-order valence-corrected chi connectivity index (χ1v) is 7.24. The molecular formula is C14H28O3. The molecular weight excluding hydrogens is 216 g/mol. The van der Waals surface area contributed by atoms with Gasteiger partial charge in [0.2, 0.25) is 0 Å². The molecule has 0 saturated carbocycles. The third-order valence-electron chi connectivity index (χ3n) is 3.09. The Labute approximate surface area is 106 Å². The predicted molar refractivity (Wildman–Crippen MR) is 69.1 cm³/mol. The lowest BCUT2D eigenvalue weighted by atomic mass is 10.1. The normalized spacial score (nSPS) is 16.8. The zero-order chi connectivity index (χ0) is 12.2. The van der Waals surface area contributed by atoms with Crippen molar-refractivity contribution in [2.45, 2.75) is 64.6 Å². The zero-order valence-corrected chi connectivity index (χ0v) is 11.3. The van der Waals surface area contributed by atoms with E-state index < -0.39 is 0 Å². The third-order valence-corrected chi connectivity index (χ3v) is 3.09. The highest BCUT2D eigenvalue weighted by molar-refractivity contribution is 4.50. The molecule has 0 aromatic rings. The second-order valence-corrected chi connectivity index (χ2v) is 4.72. The molecule has 0 aliphatic carbocycles. The van der Waals surface area contributed by atoms with Gasteiger partial charge in [-0.3, -0.25) is 0 Å². The summed E-state index contributed by atoms with van der Waals surface area (Å²) < 4.78 is 16.1. The van der Waals surface area contributed by atoms with Crippen molar-refractivity contribution >= 4 is 0 Å². The van der Waals surface area contributed by atoms with E-state index in [1.165, 1.54) is 51.4 Å². The molecule has 0 atom stereocenters. The van der Waals surface area contributed by atoms with Crippen LogP contribution in [0.25, 0.3) is 0 Å². The van der Waals surface area contributed by atoms with Crippen LogP contribution in [0.5, 0.6) is 0 Å². The predicted octanol–water partition coefficient (Wildman–Crippen LogP) is 3.52. The number of hydrogen-bond acceptors (Lipinski definition) is 3. The Bertz CT molecular complexity index is 156. The molecule has 3 nitrogen and oxygen atoms in total. The SMILES string of the molecule is CCCCCCCCCCOCC1OCCO1. The van der Waals surface area contributed by atoms with Crippen molar-refractivity contribution in [3.8, 4) is 0 Å². The van der Waals surface area contributed by atoms with Crippen LogP contribution in [0.3, 0.4) is 0 Å². The topological polar surface area (TPSA) is 27.7 Å². The van der Waals surface area contributed by atoms with Crippen LogP contribution in [-0.4, -0.2) is 32.7 Å². The Balaban J connectivity index is 1.69. The summed E-state index contributed by atoms with van der Waals surface area (Å²) in [5, 5.41) is 0. The van der Waals surface area contributed by atoms with Gasteiger partial charge in [-0.15, -0.1) is 0 Å². The van der Waals surface area contributed by atoms with Gasteiger partial charge < -0.3 is 14.2 Å². The second-order valence-electron chi connectivity index (χ2n) is 4.72. The van der Waals surface area contributed by atoms with Crippen LogP contribution in [0.1, 0.15) is 58.3 Å². The lowest BCUT2D eigenvalue weighted by Gasteiger charge is -2.09. The first-order valence-electron chi connectivity index (χ1n) is 7.24. The van der Waals surface area contributed by atoms with Crippen molar-refractivity contribution in [3.63, 3.8) is 0 Å². The summed E-state index contributed by atoms with van der Waals surface area (Å²) >= 11 is 0. The van der Waals surface area contributed by atoms with Crippen molar-refractivity contribution in [2.24, 2.45) is 0 Å². The molecule has 0 aromatic carbocycles. The van der Waals surface area contributed by atoms with E-state index in [9.17, 15) is 0 Å². The first-order chi connectivity index (χ1) is 8.43. The van der Waals surface area contributed by atoms with Crippen LogP contribution in [0.2, 0.25) is 0 Å². The van der Waals surface area contributed by atoms with Crippen LogP contribution < -0.4 is 0 Å². The van der Waals surface area contributed by atoms with Gasteiger partial charge in [-0.2, -0.15) is 0 Å². The molecule has 1 saturated heterocycles. The minimum absolute atomic E-state index is 0.107. The van der Waals surface area contributed by atoms with Crippen molar-refractivity contribution < 1.29 is 14.2 Å². The molecule has 1 aliphatic heterocycles. The van der Waals surface area contributed by atoms with Gasteiger partial charge in [0, 0.05) is 6.61 Å². The summed E-state index contributed by atoms with van der Waals surface area (Å²) in [6, 6.07) is 0. The van der Waals surface area contributed by atoms with Gasteiger partial charge in [-0.05, 0) is 6.42 Å². The highest BCUT2D eigenvalue weighted by atomic mass is 16.7. The Morgan fingerprint density at radius 3 is 2.12 bits per heavy atom. The zero-order valence-electron chi connectivity index (χ0n) is 11.3. The molecule has 0 unspecified atom stereocenters. The molecule has 0 spiro atoms. The fraction of sp³-hybridized carbons (Fsp3) is 1.00. The standard InChI is InChI=1S/C14H28O3/c1-2-3-4-5-6-7-8-9-10-15-13-14-16-11-12-17-14/h14H,2-13H2,1H3. The average Bonchev–Trinajstić information content (AvgIpc) is 2.85. The van der Waals surface area contributed by atoms with Crippen LogP contribution in [0.4, 0.5) is 0 Å². The Morgan fingerprint density at radius 1 is 0.882 bits per heavy atom. The van der Waals surface area contributed by atoms with E-state index >= 15 is 0 Å². The summed E-state index contributed by atoms with van der Waals surface area (Å²) in [7, 11) is 0. The Hall–Kier alpha value is -0.120. The molecule has 1 heterocycles. The van der Waals surface area contributed by atoms with Crippen LogP contribution in [0.15, 0.2) is 0 Å². The number of rotatable bonds is 11. The van der Waals surface area contributed by atoms with E-state index in [4.69, 9.17) is 14.2 Å². The van der Waals surface area contributed by atoms with Gasteiger partial charge in [0.15, 0.2) is 6.29 Å². The lowest BCUT2D eigenvalue weighted by Crippen LogP contribution is -2.16. The third kappa shape index (κ3) is 8.58. The molecule has 0 aromatic heterocycles. The maximum Gasteiger partial charge on any atom is 0.181 e. The smallest absolute Gasteiger partial charge is 0.181 e. The van der Waals surface area contributed by atoms with Crippen LogP contribution >= 0.6 is 0 Å². The van der Waals surface area contributed by atoms with Crippen molar-refractivity contribution in [1.82, 2.24) is 0 Å². The summed E-state index contributed by atoms with van der Waals surface area (Å²) in [5.74, 6) is 0. The van der Waals surface area contributed by atoms with Crippen LogP contribution in [0, 0.1) is 0 Å². The summed E-state index contributed by atoms with van der Waals surface area (Å²) in [4.78, 5) is 0. The van der Waals surface area contributed by atoms with Gasteiger partial charge in [-0.25, -0.2) is 0 Å². The maximum atomic E-state index is 5.51. The molecule has 102 valence electrons. The second kappa shape index (κ2) is 11.0. The first kappa shape index (κ1) is 14.9. The van der Waals surface area contributed by atoms with Gasteiger partial charge in [0.25, 0.3) is 0 Å². The monoisotopic (exact) mass is 244 g/mol. The molecule has 3 heteroatoms. The van der Waals surface area contributed by atoms with Gasteiger partial charge in [0.1, 0.15) is 0 Å². The highest BCUT2D eigenvalue weighted by Gasteiger charge is 2.15. The van der Waals surface area contributed by atoms with Crippen molar-refractivity contribution in [1.29, 1.82) is 0 Å². The fourth-order valence-electron chi connectivity index (χ4n) is 2.02. The summed E-state index contributed by atoms with van der Waals surface area (Å²) in [6.45, 7) is 5.13. The Morgan fingerprint density at radius 2 is 1.47 bits per heavy atom. The molecule has 0 amide bonds. The molecule has 0 radical (unpaired) electrons. The number of hydrogen-bond donors (Lipinski definition) is 0. The Kier molecular flexibility index (Phi) is 9.66. The van der Waals surface area contributed by atoms with Crippen molar-refractivity contribution in [2.75, 3.05) is 26.4 Å². The largest absolute Gasteiger partial charge is 0.376 e. The molecule has 1 fully saturated rings. The number of unbranched alkanes of at least 4 members (excludes halogenated alkanes) is 7. The highest BCUT2D eigenvalue weighted by Crippen LogP contribution is 2.09. The summed E-state index contributed by atoms with van der Waals surface area (Å²) in [6.07, 6.45) is 10.6. The van der Waals surface area contributed by atoms with E-state index in [0.717, 1.165) is 6.61 Å². The van der Waals surface area contributed by atoms with E-state index in [1.54, 1.807) is 0 Å². The van der Waals surface area contributed by atoms with E-state index in [0.29, 0.717) is 19.8 Å². The van der Waals surface area contributed by atoms with Crippen LogP contribution in [-0.2, 0) is 14.2 Å². The molecule has 1 aliphatic rings.